The molecule has 0 atom stereocenters. The molecular formula is C9H7BrN2OS. The molecule has 0 spiro atoms. The maximum Gasteiger partial charge on any atom is 0.255 e. The number of nitrogens with zero attached hydrogens (tertiary/aromatic N) is 1. The van der Waals surface area contributed by atoms with Crippen molar-refractivity contribution in [2.45, 2.75) is 5.33 Å². The van der Waals surface area contributed by atoms with Crippen LogP contribution in [-0.2, 0) is 5.33 Å². The summed E-state index contributed by atoms with van der Waals surface area (Å²) >= 11 is 4.78. The third kappa shape index (κ3) is 1.78. The third-order valence-corrected chi connectivity index (χ3v) is 3.25. The summed E-state index contributed by atoms with van der Waals surface area (Å²) in [5.74, 6) is 0.634. The van der Waals surface area contributed by atoms with Crippen LogP contribution in [0.25, 0.3) is 10.7 Å². The minimum absolute atomic E-state index is 0.0831. The molecule has 2 aromatic heterocycles. The van der Waals surface area contributed by atoms with Crippen molar-refractivity contribution in [3.8, 4) is 10.7 Å². The van der Waals surface area contributed by atoms with Crippen LogP contribution in [0, 0.1) is 0 Å². The summed E-state index contributed by atoms with van der Waals surface area (Å²) in [6.07, 6.45) is 1.60. The normalized spacial score (nSPS) is 10.4. The fourth-order valence-corrected chi connectivity index (χ4v) is 2.13. The molecule has 2 heterocycles. The van der Waals surface area contributed by atoms with E-state index >= 15 is 0 Å². The molecule has 2 rings (SSSR count). The molecule has 0 aliphatic heterocycles. The molecule has 14 heavy (non-hydrogen) atoms. The Labute approximate surface area is 93.0 Å². The van der Waals surface area contributed by atoms with Crippen molar-refractivity contribution in [1.82, 2.24) is 9.97 Å². The quantitative estimate of drug-likeness (QED) is 0.852. The van der Waals surface area contributed by atoms with E-state index in [9.17, 15) is 4.79 Å². The predicted octanol–water partition coefficient (Wildman–Crippen LogP) is 2.39. The zero-order valence-electron chi connectivity index (χ0n) is 7.16. The number of aromatic amines is 1. The Hall–Kier alpha value is -0.940. The van der Waals surface area contributed by atoms with E-state index in [4.69, 9.17) is 0 Å². The van der Waals surface area contributed by atoms with Crippen molar-refractivity contribution >= 4 is 27.3 Å². The van der Waals surface area contributed by atoms with Crippen molar-refractivity contribution < 1.29 is 0 Å². The standard InChI is InChI=1S/C9H7BrN2OS/c10-4-6-5-11-8(12-9(6)13)7-2-1-3-14-7/h1-3,5H,4H2,(H,11,12,13). The van der Waals surface area contributed by atoms with Crippen LogP contribution in [0.15, 0.2) is 28.5 Å². The first kappa shape index (κ1) is 9.61. The average molecular weight is 271 g/mol. The number of alkyl halides is 1. The molecule has 0 fully saturated rings. The van der Waals surface area contributed by atoms with Gasteiger partial charge >= 0.3 is 0 Å². The van der Waals surface area contributed by atoms with Crippen molar-refractivity contribution in [2.24, 2.45) is 0 Å². The lowest BCUT2D eigenvalue weighted by Gasteiger charge is -1.97. The van der Waals surface area contributed by atoms with Gasteiger partial charge in [0.1, 0.15) is 5.82 Å². The Morgan fingerprint density at radius 2 is 2.43 bits per heavy atom. The fraction of sp³-hybridized carbons (Fsp3) is 0.111. The summed E-state index contributed by atoms with van der Waals surface area (Å²) in [5, 5.41) is 2.48. The Bertz CT molecular complexity index is 478. The second-order valence-electron chi connectivity index (χ2n) is 2.70. The molecule has 2 aromatic rings. The maximum absolute atomic E-state index is 11.4. The summed E-state index contributed by atoms with van der Waals surface area (Å²) in [6.45, 7) is 0. The van der Waals surface area contributed by atoms with Gasteiger partial charge in [-0.1, -0.05) is 22.0 Å². The first-order chi connectivity index (χ1) is 6.81. The van der Waals surface area contributed by atoms with Gasteiger partial charge in [-0.15, -0.1) is 11.3 Å². The van der Waals surface area contributed by atoms with Crippen molar-refractivity contribution in [3.05, 3.63) is 39.6 Å². The number of H-pyrrole nitrogens is 1. The van der Waals surface area contributed by atoms with Gasteiger partial charge in [-0.25, -0.2) is 4.98 Å². The van der Waals surface area contributed by atoms with Crippen molar-refractivity contribution in [2.75, 3.05) is 0 Å². The van der Waals surface area contributed by atoms with Crippen LogP contribution in [0.2, 0.25) is 0 Å². The number of nitrogens with one attached hydrogen (secondary N) is 1. The summed E-state index contributed by atoms with van der Waals surface area (Å²) in [5.41, 5.74) is 0.561. The Morgan fingerprint density at radius 1 is 1.57 bits per heavy atom. The van der Waals surface area contributed by atoms with Gasteiger partial charge in [-0.2, -0.15) is 0 Å². The van der Waals surface area contributed by atoms with Gasteiger partial charge in [-0.05, 0) is 11.4 Å². The zero-order chi connectivity index (χ0) is 9.97. The number of hydrogen-bond acceptors (Lipinski definition) is 3. The highest BCUT2D eigenvalue weighted by molar-refractivity contribution is 9.08. The van der Waals surface area contributed by atoms with Gasteiger partial charge in [0.15, 0.2) is 0 Å². The smallest absolute Gasteiger partial charge is 0.255 e. The second-order valence-corrected chi connectivity index (χ2v) is 4.21. The Kier molecular flexibility index (Phi) is 2.79. The third-order valence-electron chi connectivity index (χ3n) is 1.77. The van der Waals surface area contributed by atoms with Crippen LogP contribution in [0.4, 0.5) is 0 Å². The largest absolute Gasteiger partial charge is 0.306 e. The molecule has 0 unspecified atom stereocenters. The Morgan fingerprint density at radius 3 is 3.00 bits per heavy atom. The lowest BCUT2D eigenvalue weighted by molar-refractivity contribution is 1.09. The number of aromatic nitrogens is 2. The van der Waals surface area contributed by atoms with E-state index < -0.39 is 0 Å². The highest BCUT2D eigenvalue weighted by Crippen LogP contribution is 2.19. The molecule has 72 valence electrons. The van der Waals surface area contributed by atoms with E-state index in [0.717, 1.165) is 4.88 Å². The van der Waals surface area contributed by atoms with Gasteiger partial charge in [0.05, 0.1) is 4.88 Å². The highest BCUT2D eigenvalue weighted by Gasteiger charge is 2.03. The predicted molar refractivity (Wildman–Crippen MR) is 60.8 cm³/mol. The van der Waals surface area contributed by atoms with Gasteiger partial charge < -0.3 is 4.98 Å². The van der Waals surface area contributed by atoms with Crippen molar-refractivity contribution in [1.29, 1.82) is 0 Å². The van der Waals surface area contributed by atoms with Gasteiger partial charge in [-0.3, -0.25) is 4.79 Å². The molecule has 0 radical (unpaired) electrons. The molecular weight excluding hydrogens is 264 g/mol. The lowest BCUT2D eigenvalue weighted by Crippen LogP contribution is -2.12. The van der Waals surface area contributed by atoms with E-state index in [1.807, 2.05) is 17.5 Å². The molecule has 1 N–H and O–H groups in total. The van der Waals surface area contributed by atoms with Gasteiger partial charge in [0.2, 0.25) is 0 Å². The summed E-state index contributed by atoms with van der Waals surface area (Å²) in [7, 11) is 0. The zero-order valence-corrected chi connectivity index (χ0v) is 9.56. The topological polar surface area (TPSA) is 45.8 Å². The molecule has 0 saturated heterocycles. The number of hydrogen-bond donors (Lipinski definition) is 1. The van der Waals surface area contributed by atoms with E-state index in [-0.39, 0.29) is 5.56 Å². The number of rotatable bonds is 2. The van der Waals surface area contributed by atoms with Crippen LogP contribution in [0.3, 0.4) is 0 Å². The van der Waals surface area contributed by atoms with Crippen molar-refractivity contribution in [3.63, 3.8) is 0 Å². The van der Waals surface area contributed by atoms with E-state index in [2.05, 4.69) is 25.9 Å². The fourth-order valence-electron chi connectivity index (χ4n) is 1.05. The maximum atomic E-state index is 11.4. The van der Waals surface area contributed by atoms with Gasteiger partial charge in [0, 0.05) is 17.1 Å². The van der Waals surface area contributed by atoms with Crippen LogP contribution in [0.1, 0.15) is 5.56 Å². The van der Waals surface area contributed by atoms with Gasteiger partial charge in [0.25, 0.3) is 5.56 Å². The van der Waals surface area contributed by atoms with Crippen LogP contribution in [-0.4, -0.2) is 9.97 Å². The molecule has 0 saturated carbocycles. The monoisotopic (exact) mass is 270 g/mol. The molecule has 0 bridgehead atoms. The number of halogens is 1. The summed E-state index contributed by atoms with van der Waals surface area (Å²) in [4.78, 5) is 19.3. The molecule has 0 amide bonds. The van der Waals surface area contributed by atoms with Crippen LogP contribution < -0.4 is 5.56 Å². The van der Waals surface area contributed by atoms with Crippen LogP contribution in [0.5, 0.6) is 0 Å². The lowest BCUT2D eigenvalue weighted by atomic mass is 10.3. The molecule has 0 aliphatic rings. The van der Waals surface area contributed by atoms with Crippen LogP contribution >= 0.6 is 27.3 Å². The SMILES string of the molecule is O=c1[nH]c(-c2cccs2)ncc1CBr. The van der Waals surface area contributed by atoms with E-state index in [1.165, 1.54) is 0 Å². The van der Waals surface area contributed by atoms with E-state index in [1.54, 1.807) is 17.5 Å². The highest BCUT2D eigenvalue weighted by atomic mass is 79.9. The first-order valence-corrected chi connectivity index (χ1v) is 5.99. The summed E-state index contributed by atoms with van der Waals surface area (Å²) < 4.78 is 0. The molecule has 5 heteroatoms. The number of thiophene rings is 1. The Balaban J connectivity index is 2.48. The summed E-state index contributed by atoms with van der Waals surface area (Å²) in [6, 6.07) is 3.86. The second kappa shape index (κ2) is 4.06. The minimum atomic E-state index is -0.0831. The minimum Gasteiger partial charge on any atom is -0.306 e. The molecule has 0 aromatic carbocycles. The molecule has 3 nitrogen and oxygen atoms in total. The molecule has 0 aliphatic carbocycles. The average Bonchev–Trinajstić information content (AvgIpc) is 2.70. The first-order valence-electron chi connectivity index (χ1n) is 3.99. The van der Waals surface area contributed by atoms with E-state index in [0.29, 0.717) is 16.7 Å².